The van der Waals surface area contributed by atoms with Gasteiger partial charge < -0.3 is 10.7 Å². The van der Waals surface area contributed by atoms with Crippen LogP contribution < -0.4 is 5.73 Å². The van der Waals surface area contributed by atoms with Crippen LogP contribution in [-0.4, -0.2) is 19.5 Å². The van der Waals surface area contributed by atoms with Crippen molar-refractivity contribution in [2.24, 2.45) is 0 Å². The average Bonchev–Trinajstić information content (AvgIpc) is 2.55. The van der Waals surface area contributed by atoms with Crippen molar-refractivity contribution in [2.45, 2.75) is 0 Å². The zero-order valence-electron chi connectivity index (χ0n) is 5.73. The molecule has 0 spiro atoms. The van der Waals surface area contributed by atoms with Crippen molar-refractivity contribution in [2.75, 3.05) is 5.73 Å². The van der Waals surface area contributed by atoms with Crippen LogP contribution in [0.2, 0.25) is 0 Å². The summed E-state index contributed by atoms with van der Waals surface area (Å²) < 4.78 is 1.74. The van der Waals surface area contributed by atoms with E-state index in [0.29, 0.717) is 11.6 Å². The highest BCUT2D eigenvalue weighted by atomic mass is 15.1. The average molecular weight is 149 g/mol. The largest absolute Gasteiger partial charge is 0.382 e. The molecule has 56 valence electrons. The standard InChI is InChI=1S/C6H7N5/c7-5-6(10-3-9-5)11-2-1-8-4-11/h1-4H,7H2,(H,9,10). The van der Waals surface area contributed by atoms with Gasteiger partial charge in [-0.3, -0.25) is 4.57 Å². The molecule has 0 aliphatic carbocycles. The fraction of sp³-hybridized carbons (Fsp3) is 0. The zero-order chi connectivity index (χ0) is 7.68. The number of H-pyrrole nitrogens is 1. The van der Waals surface area contributed by atoms with Gasteiger partial charge in [-0.25, -0.2) is 9.97 Å². The number of hydrogen-bond donors (Lipinski definition) is 2. The van der Waals surface area contributed by atoms with Crippen molar-refractivity contribution < 1.29 is 0 Å². The molecule has 2 aromatic rings. The van der Waals surface area contributed by atoms with Gasteiger partial charge in [0.15, 0.2) is 5.82 Å². The minimum Gasteiger partial charge on any atom is -0.382 e. The molecule has 5 heteroatoms. The highest BCUT2D eigenvalue weighted by molar-refractivity contribution is 5.46. The lowest BCUT2D eigenvalue weighted by molar-refractivity contribution is 1.01. The molecule has 0 saturated heterocycles. The number of aromatic amines is 1. The Morgan fingerprint density at radius 2 is 2.45 bits per heavy atom. The van der Waals surface area contributed by atoms with Gasteiger partial charge in [0.05, 0.1) is 6.33 Å². The third kappa shape index (κ3) is 0.861. The zero-order valence-corrected chi connectivity index (χ0v) is 5.73. The van der Waals surface area contributed by atoms with Gasteiger partial charge >= 0.3 is 0 Å². The van der Waals surface area contributed by atoms with Crippen LogP contribution in [0.3, 0.4) is 0 Å². The summed E-state index contributed by atoms with van der Waals surface area (Å²) in [5.41, 5.74) is 5.57. The second kappa shape index (κ2) is 2.12. The Hall–Kier alpha value is -1.78. The van der Waals surface area contributed by atoms with Crippen molar-refractivity contribution in [3.8, 4) is 5.82 Å². The van der Waals surface area contributed by atoms with Crippen molar-refractivity contribution in [3.05, 3.63) is 25.0 Å². The number of nitrogens with two attached hydrogens (primary N) is 1. The predicted molar refractivity (Wildman–Crippen MR) is 40.1 cm³/mol. The van der Waals surface area contributed by atoms with Crippen LogP contribution in [0.1, 0.15) is 0 Å². The summed E-state index contributed by atoms with van der Waals surface area (Å²) in [5, 5.41) is 0. The van der Waals surface area contributed by atoms with E-state index in [2.05, 4.69) is 15.0 Å². The van der Waals surface area contributed by atoms with Gasteiger partial charge in [-0.05, 0) is 0 Å². The number of rotatable bonds is 1. The second-order valence-corrected chi connectivity index (χ2v) is 2.11. The Bertz CT molecular complexity index is 333. The molecule has 0 amide bonds. The number of nitrogens with zero attached hydrogens (tertiary/aromatic N) is 3. The highest BCUT2D eigenvalue weighted by Gasteiger charge is 2.01. The first-order valence-corrected chi connectivity index (χ1v) is 3.15. The third-order valence-electron chi connectivity index (χ3n) is 1.40. The minimum absolute atomic E-state index is 0.544. The Morgan fingerprint density at radius 1 is 1.55 bits per heavy atom. The first-order valence-electron chi connectivity index (χ1n) is 3.15. The molecule has 0 aromatic carbocycles. The first kappa shape index (κ1) is 5.96. The lowest BCUT2D eigenvalue weighted by atomic mass is 10.6. The quantitative estimate of drug-likeness (QED) is 0.607. The van der Waals surface area contributed by atoms with Gasteiger partial charge in [-0.15, -0.1) is 0 Å². The Kier molecular flexibility index (Phi) is 1.15. The smallest absolute Gasteiger partial charge is 0.180 e. The fourth-order valence-corrected chi connectivity index (χ4v) is 0.887. The lowest BCUT2D eigenvalue weighted by Crippen LogP contribution is -1.95. The maximum Gasteiger partial charge on any atom is 0.180 e. The Labute approximate surface area is 62.9 Å². The molecule has 5 nitrogen and oxygen atoms in total. The third-order valence-corrected chi connectivity index (χ3v) is 1.40. The van der Waals surface area contributed by atoms with Gasteiger partial charge in [0.2, 0.25) is 0 Å². The second-order valence-electron chi connectivity index (χ2n) is 2.11. The highest BCUT2D eigenvalue weighted by Crippen LogP contribution is 2.09. The number of anilines is 1. The van der Waals surface area contributed by atoms with Crippen molar-refractivity contribution in [3.63, 3.8) is 0 Å². The van der Waals surface area contributed by atoms with E-state index in [-0.39, 0.29) is 0 Å². The van der Waals surface area contributed by atoms with Crippen LogP contribution in [0.5, 0.6) is 0 Å². The van der Waals surface area contributed by atoms with Crippen LogP contribution in [0.25, 0.3) is 5.82 Å². The number of hydrogen-bond acceptors (Lipinski definition) is 3. The molecule has 0 aliphatic heterocycles. The predicted octanol–water partition coefficient (Wildman–Crippen LogP) is 0.178. The maximum atomic E-state index is 5.57. The molecular weight excluding hydrogens is 142 g/mol. The fourth-order valence-electron chi connectivity index (χ4n) is 0.887. The summed E-state index contributed by atoms with van der Waals surface area (Å²) in [5.74, 6) is 1.23. The minimum atomic E-state index is 0.544. The van der Waals surface area contributed by atoms with Crippen LogP contribution in [0, 0.1) is 0 Å². The summed E-state index contributed by atoms with van der Waals surface area (Å²) in [6.07, 6.45) is 6.65. The molecule has 2 aromatic heterocycles. The molecule has 2 rings (SSSR count). The van der Waals surface area contributed by atoms with Crippen LogP contribution in [0.4, 0.5) is 5.82 Å². The molecule has 3 N–H and O–H groups in total. The molecule has 0 atom stereocenters. The van der Waals surface area contributed by atoms with Gasteiger partial charge in [0.1, 0.15) is 12.1 Å². The number of nitrogen functional groups attached to an aromatic ring is 1. The summed E-state index contributed by atoms with van der Waals surface area (Å²) in [7, 11) is 0. The number of aromatic nitrogens is 4. The van der Waals surface area contributed by atoms with E-state index < -0.39 is 0 Å². The summed E-state index contributed by atoms with van der Waals surface area (Å²) in [4.78, 5) is 10.6. The first-order chi connectivity index (χ1) is 5.38. The Morgan fingerprint density at radius 3 is 3.00 bits per heavy atom. The van der Waals surface area contributed by atoms with E-state index in [1.165, 1.54) is 0 Å². The monoisotopic (exact) mass is 149 g/mol. The van der Waals surface area contributed by atoms with E-state index in [4.69, 9.17) is 5.73 Å². The van der Waals surface area contributed by atoms with E-state index in [0.717, 1.165) is 0 Å². The number of nitrogens with one attached hydrogen (secondary N) is 1. The van der Waals surface area contributed by atoms with Crippen LogP contribution >= 0.6 is 0 Å². The SMILES string of the molecule is Nc1[nH]cnc1-n1ccnc1. The molecule has 0 aliphatic rings. The van der Waals surface area contributed by atoms with Crippen molar-refractivity contribution >= 4 is 5.82 Å². The van der Waals surface area contributed by atoms with Gasteiger partial charge in [0.25, 0.3) is 0 Å². The van der Waals surface area contributed by atoms with E-state index in [1.807, 2.05) is 0 Å². The maximum absolute atomic E-state index is 5.57. The van der Waals surface area contributed by atoms with Gasteiger partial charge in [0, 0.05) is 12.4 Å². The van der Waals surface area contributed by atoms with Gasteiger partial charge in [-0.1, -0.05) is 0 Å². The molecule has 0 radical (unpaired) electrons. The molecule has 0 saturated carbocycles. The Balaban J connectivity index is 2.53. The molecular formula is C6H7N5. The van der Waals surface area contributed by atoms with Gasteiger partial charge in [-0.2, -0.15) is 0 Å². The number of imidazole rings is 2. The topological polar surface area (TPSA) is 72.5 Å². The summed E-state index contributed by atoms with van der Waals surface area (Å²) >= 11 is 0. The van der Waals surface area contributed by atoms with Crippen LogP contribution in [-0.2, 0) is 0 Å². The van der Waals surface area contributed by atoms with Crippen molar-refractivity contribution in [1.29, 1.82) is 0 Å². The normalized spacial score (nSPS) is 10.2. The molecule has 2 heterocycles. The van der Waals surface area contributed by atoms with E-state index in [1.54, 1.807) is 29.6 Å². The summed E-state index contributed by atoms with van der Waals surface area (Å²) in [6.45, 7) is 0. The van der Waals surface area contributed by atoms with E-state index in [9.17, 15) is 0 Å². The molecule has 0 fully saturated rings. The molecule has 11 heavy (non-hydrogen) atoms. The molecule has 0 unspecified atom stereocenters. The van der Waals surface area contributed by atoms with Crippen LogP contribution in [0.15, 0.2) is 25.0 Å². The van der Waals surface area contributed by atoms with E-state index >= 15 is 0 Å². The summed E-state index contributed by atoms with van der Waals surface area (Å²) in [6, 6.07) is 0. The van der Waals surface area contributed by atoms with Crippen molar-refractivity contribution in [1.82, 2.24) is 19.5 Å². The lowest BCUT2D eigenvalue weighted by Gasteiger charge is -1.95. The molecule has 0 bridgehead atoms.